The molecule has 0 radical (unpaired) electrons. The molecule has 2 rings (SSSR count). The van der Waals surface area contributed by atoms with Crippen LogP contribution in [0.1, 0.15) is 31.1 Å². The number of hydrogen-bond acceptors (Lipinski definition) is 6. The quantitative estimate of drug-likeness (QED) is 0.842. The highest BCUT2D eigenvalue weighted by atomic mass is 16.5. The predicted octanol–water partition coefficient (Wildman–Crippen LogP) is 1.23. The molecule has 0 aromatic carbocycles. The molecular weight excluding hydrogens is 272 g/mol. The first-order valence-electron chi connectivity index (χ1n) is 7.12. The molecule has 6 nitrogen and oxygen atoms in total. The number of esters is 1. The van der Waals surface area contributed by atoms with Crippen LogP contribution in [0.15, 0.2) is 18.3 Å². The number of aliphatic hydroxyl groups is 1. The molecule has 1 aliphatic heterocycles. The number of carbonyl (C=O) groups is 1. The minimum atomic E-state index is -0.368. The van der Waals surface area contributed by atoms with Crippen LogP contribution in [0.2, 0.25) is 0 Å². The Labute approximate surface area is 124 Å². The Balaban J connectivity index is 2.12. The smallest absolute Gasteiger partial charge is 0.339 e. The van der Waals surface area contributed by atoms with Gasteiger partial charge in [-0.1, -0.05) is 0 Å². The fourth-order valence-electron chi connectivity index (χ4n) is 2.47. The number of anilines is 1. The number of nitrogens with zero attached hydrogens (tertiary/aromatic N) is 2. The van der Waals surface area contributed by atoms with Gasteiger partial charge in [0.25, 0.3) is 0 Å². The molecule has 2 heterocycles. The Morgan fingerprint density at radius 3 is 2.90 bits per heavy atom. The van der Waals surface area contributed by atoms with E-state index in [1.807, 2.05) is 13.8 Å². The van der Waals surface area contributed by atoms with E-state index in [0.29, 0.717) is 25.3 Å². The van der Waals surface area contributed by atoms with Crippen LogP contribution in [0.4, 0.5) is 5.82 Å². The molecule has 1 fully saturated rings. The van der Waals surface area contributed by atoms with Gasteiger partial charge in [-0.15, -0.1) is 0 Å². The minimum Gasteiger partial charge on any atom is -0.462 e. The van der Waals surface area contributed by atoms with Gasteiger partial charge in [0.2, 0.25) is 0 Å². The SMILES string of the molecule is CCOC(=O)c1ccc(N2CC(CO)OC(C)(C)C2)nc1. The maximum atomic E-state index is 11.6. The van der Waals surface area contributed by atoms with Crippen molar-refractivity contribution in [3.8, 4) is 0 Å². The largest absolute Gasteiger partial charge is 0.462 e. The molecule has 116 valence electrons. The summed E-state index contributed by atoms with van der Waals surface area (Å²) in [6.45, 7) is 7.30. The number of rotatable bonds is 4. The third-order valence-electron chi connectivity index (χ3n) is 3.27. The number of hydrogen-bond donors (Lipinski definition) is 1. The van der Waals surface area contributed by atoms with Gasteiger partial charge in [-0.2, -0.15) is 0 Å². The van der Waals surface area contributed by atoms with Crippen molar-refractivity contribution >= 4 is 11.8 Å². The lowest BCUT2D eigenvalue weighted by molar-refractivity contribution is -0.101. The van der Waals surface area contributed by atoms with E-state index in [4.69, 9.17) is 9.47 Å². The first-order chi connectivity index (χ1) is 9.95. The molecule has 0 amide bonds. The van der Waals surface area contributed by atoms with Crippen molar-refractivity contribution in [1.29, 1.82) is 0 Å². The third-order valence-corrected chi connectivity index (χ3v) is 3.27. The second-order valence-corrected chi connectivity index (χ2v) is 5.69. The van der Waals surface area contributed by atoms with Crippen molar-refractivity contribution < 1.29 is 19.4 Å². The Kier molecular flexibility index (Phi) is 4.80. The summed E-state index contributed by atoms with van der Waals surface area (Å²) in [6, 6.07) is 3.50. The van der Waals surface area contributed by atoms with Crippen LogP contribution in [0.25, 0.3) is 0 Å². The van der Waals surface area contributed by atoms with Crippen LogP contribution in [-0.4, -0.2) is 54.1 Å². The molecule has 1 aromatic heterocycles. The van der Waals surface area contributed by atoms with Crippen LogP contribution in [0.3, 0.4) is 0 Å². The maximum Gasteiger partial charge on any atom is 0.339 e. The van der Waals surface area contributed by atoms with Crippen LogP contribution in [-0.2, 0) is 9.47 Å². The highest BCUT2D eigenvalue weighted by molar-refractivity contribution is 5.89. The zero-order valence-corrected chi connectivity index (χ0v) is 12.7. The molecule has 1 N–H and O–H groups in total. The van der Waals surface area contributed by atoms with Gasteiger partial charge in [0, 0.05) is 19.3 Å². The Hall–Kier alpha value is -1.66. The van der Waals surface area contributed by atoms with Gasteiger partial charge >= 0.3 is 5.97 Å². The molecule has 1 unspecified atom stereocenters. The molecule has 0 aliphatic carbocycles. The van der Waals surface area contributed by atoms with E-state index in [0.717, 1.165) is 5.82 Å². The molecule has 0 bridgehead atoms. The monoisotopic (exact) mass is 294 g/mol. The van der Waals surface area contributed by atoms with Crippen molar-refractivity contribution in [3.05, 3.63) is 23.9 Å². The summed E-state index contributed by atoms with van der Waals surface area (Å²) < 4.78 is 10.7. The number of morpholine rings is 1. The lowest BCUT2D eigenvalue weighted by Crippen LogP contribution is -2.54. The normalized spacial score (nSPS) is 21.1. The minimum absolute atomic E-state index is 0.0269. The summed E-state index contributed by atoms with van der Waals surface area (Å²) in [7, 11) is 0. The van der Waals surface area contributed by atoms with E-state index >= 15 is 0 Å². The second kappa shape index (κ2) is 6.41. The standard InChI is InChI=1S/C15H22N2O4/c1-4-20-14(19)11-5-6-13(16-7-11)17-8-12(9-18)21-15(2,3)10-17/h5-7,12,18H,4,8-10H2,1-3H3. The van der Waals surface area contributed by atoms with E-state index in [9.17, 15) is 9.90 Å². The van der Waals surface area contributed by atoms with Crippen molar-refractivity contribution in [2.24, 2.45) is 0 Å². The molecule has 1 atom stereocenters. The fourth-order valence-corrected chi connectivity index (χ4v) is 2.47. The molecule has 1 saturated heterocycles. The average molecular weight is 294 g/mol. The first-order valence-corrected chi connectivity index (χ1v) is 7.12. The van der Waals surface area contributed by atoms with Crippen LogP contribution >= 0.6 is 0 Å². The van der Waals surface area contributed by atoms with Gasteiger partial charge < -0.3 is 19.5 Å². The summed E-state index contributed by atoms with van der Waals surface area (Å²) in [6.07, 6.45) is 1.28. The molecule has 1 aliphatic rings. The van der Waals surface area contributed by atoms with Crippen molar-refractivity contribution in [1.82, 2.24) is 4.98 Å². The van der Waals surface area contributed by atoms with Gasteiger partial charge in [0.1, 0.15) is 5.82 Å². The summed E-state index contributed by atoms with van der Waals surface area (Å²) >= 11 is 0. The van der Waals surface area contributed by atoms with E-state index in [1.165, 1.54) is 6.20 Å². The predicted molar refractivity (Wildman–Crippen MR) is 78.4 cm³/mol. The summed E-state index contributed by atoms with van der Waals surface area (Å²) in [5.41, 5.74) is 0.0828. The van der Waals surface area contributed by atoms with Crippen molar-refractivity contribution in [2.45, 2.75) is 32.5 Å². The van der Waals surface area contributed by atoms with Gasteiger partial charge in [-0.25, -0.2) is 9.78 Å². The average Bonchev–Trinajstić information content (AvgIpc) is 2.46. The lowest BCUT2D eigenvalue weighted by atomic mass is 10.1. The van der Waals surface area contributed by atoms with Crippen molar-refractivity contribution in [3.63, 3.8) is 0 Å². The van der Waals surface area contributed by atoms with Gasteiger partial charge in [0.15, 0.2) is 0 Å². The van der Waals surface area contributed by atoms with E-state index < -0.39 is 0 Å². The highest BCUT2D eigenvalue weighted by Crippen LogP contribution is 2.24. The highest BCUT2D eigenvalue weighted by Gasteiger charge is 2.33. The molecule has 21 heavy (non-hydrogen) atoms. The van der Waals surface area contributed by atoms with Gasteiger partial charge in [-0.3, -0.25) is 0 Å². The Morgan fingerprint density at radius 1 is 1.57 bits per heavy atom. The Morgan fingerprint density at radius 2 is 2.33 bits per heavy atom. The van der Waals surface area contributed by atoms with Gasteiger partial charge in [-0.05, 0) is 32.9 Å². The molecule has 0 saturated carbocycles. The second-order valence-electron chi connectivity index (χ2n) is 5.69. The zero-order valence-electron chi connectivity index (χ0n) is 12.7. The Bertz CT molecular complexity index is 487. The summed E-state index contributed by atoms with van der Waals surface area (Å²) in [4.78, 5) is 18.0. The molecule has 1 aromatic rings. The number of pyridine rings is 1. The molecular formula is C15H22N2O4. The topological polar surface area (TPSA) is 71.9 Å². The third kappa shape index (κ3) is 3.92. The fraction of sp³-hybridized carbons (Fsp3) is 0.600. The van der Waals surface area contributed by atoms with Crippen molar-refractivity contribution in [2.75, 3.05) is 31.2 Å². The number of ether oxygens (including phenoxy) is 2. The number of aromatic nitrogens is 1. The van der Waals surface area contributed by atoms with E-state index in [-0.39, 0.29) is 24.3 Å². The zero-order chi connectivity index (χ0) is 15.5. The van der Waals surface area contributed by atoms with Crippen LogP contribution in [0.5, 0.6) is 0 Å². The summed E-state index contributed by atoms with van der Waals surface area (Å²) in [5.74, 6) is 0.393. The lowest BCUT2D eigenvalue weighted by Gasteiger charge is -2.42. The number of carbonyl (C=O) groups excluding carboxylic acids is 1. The van der Waals surface area contributed by atoms with Crippen LogP contribution < -0.4 is 4.90 Å². The van der Waals surface area contributed by atoms with E-state index in [2.05, 4.69) is 9.88 Å². The summed E-state index contributed by atoms with van der Waals surface area (Å²) in [5, 5.41) is 9.33. The van der Waals surface area contributed by atoms with E-state index in [1.54, 1.807) is 19.1 Å². The maximum absolute atomic E-state index is 11.6. The molecule has 6 heteroatoms. The molecule has 0 spiro atoms. The number of aliphatic hydroxyl groups excluding tert-OH is 1. The van der Waals surface area contributed by atoms with Crippen LogP contribution in [0, 0.1) is 0 Å². The van der Waals surface area contributed by atoms with Gasteiger partial charge in [0.05, 0.1) is 30.5 Å². The first kappa shape index (κ1) is 15.7.